The summed E-state index contributed by atoms with van der Waals surface area (Å²) in [6.45, 7) is 0.738. The van der Waals surface area contributed by atoms with Crippen molar-refractivity contribution in [3.8, 4) is 0 Å². The van der Waals surface area contributed by atoms with Crippen LogP contribution < -0.4 is 10.6 Å². The third-order valence-corrected chi connectivity index (χ3v) is 8.77. The van der Waals surface area contributed by atoms with Gasteiger partial charge in [0.1, 0.15) is 5.82 Å². The van der Waals surface area contributed by atoms with E-state index >= 15 is 0 Å². The van der Waals surface area contributed by atoms with Gasteiger partial charge in [0.25, 0.3) is 5.91 Å². The van der Waals surface area contributed by atoms with Crippen LogP contribution in [0.1, 0.15) is 60.5 Å². The molecule has 2 N–H and O–H groups in total. The smallest absolute Gasteiger partial charge is 0.251 e. The quantitative estimate of drug-likeness (QED) is 0.573. The van der Waals surface area contributed by atoms with Crippen molar-refractivity contribution in [2.24, 2.45) is 17.8 Å². The van der Waals surface area contributed by atoms with E-state index in [0.717, 1.165) is 50.8 Å². The van der Waals surface area contributed by atoms with Gasteiger partial charge in [-0.25, -0.2) is 4.39 Å². The van der Waals surface area contributed by atoms with E-state index in [9.17, 15) is 14.0 Å². The van der Waals surface area contributed by atoms with Gasteiger partial charge in [0, 0.05) is 41.7 Å². The number of nitrogens with zero attached hydrogens (tertiary/aromatic N) is 1. The molecular formula is C31H34FN3O2. The van der Waals surface area contributed by atoms with Crippen LogP contribution in [0.2, 0.25) is 0 Å². The predicted molar refractivity (Wildman–Crippen MR) is 142 cm³/mol. The van der Waals surface area contributed by atoms with Crippen LogP contribution >= 0.6 is 0 Å². The van der Waals surface area contributed by atoms with E-state index in [0.29, 0.717) is 17.4 Å². The molecule has 2 heterocycles. The van der Waals surface area contributed by atoms with Crippen LogP contribution in [0.5, 0.6) is 0 Å². The molecule has 6 heteroatoms. The lowest BCUT2D eigenvalue weighted by Gasteiger charge is -2.44. The summed E-state index contributed by atoms with van der Waals surface area (Å²) in [6.07, 6.45) is 14.3. The lowest BCUT2D eigenvalue weighted by atomic mass is 9.75. The average molecular weight is 500 g/mol. The highest BCUT2D eigenvalue weighted by molar-refractivity contribution is 5.95. The third kappa shape index (κ3) is 4.58. The van der Waals surface area contributed by atoms with E-state index in [1.807, 2.05) is 0 Å². The Hall–Kier alpha value is -3.41. The highest BCUT2D eigenvalue weighted by atomic mass is 19.1. The van der Waals surface area contributed by atoms with Crippen LogP contribution in [0.3, 0.4) is 0 Å². The van der Waals surface area contributed by atoms with Crippen LogP contribution in [0, 0.1) is 23.6 Å². The molecule has 0 aromatic heterocycles. The molecule has 2 fully saturated rings. The first-order valence-corrected chi connectivity index (χ1v) is 13.7. The topological polar surface area (TPSA) is 61.4 Å². The molecule has 1 unspecified atom stereocenters. The van der Waals surface area contributed by atoms with Gasteiger partial charge >= 0.3 is 0 Å². The fraction of sp³-hybridized carbons (Fsp3) is 0.419. The molecule has 5 nitrogen and oxygen atoms in total. The van der Waals surface area contributed by atoms with Gasteiger partial charge in [-0.2, -0.15) is 0 Å². The summed E-state index contributed by atoms with van der Waals surface area (Å²) < 4.78 is 13.3. The first kappa shape index (κ1) is 24.0. The molecule has 6 atom stereocenters. The number of allylic oxidation sites excluding steroid dienone is 3. The highest BCUT2D eigenvalue weighted by Crippen LogP contribution is 2.49. The normalized spacial score (nSPS) is 30.2. The molecule has 2 aromatic rings. The zero-order valence-corrected chi connectivity index (χ0v) is 21.0. The Morgan fingerprint density at radius 3 is 2.59 bits per heavy atom. The van der Waals surface area contributed by atoms with Gasteiger partial charge in [-0.05, 0) is 61.6 Å². The lowest BCUT2D eigenvalue weighted by molar-refractivity contribution is -0.139. The van der Waals surface area contributed by atoms with E-state index in [1.165, 1.54) is 29.8 Å². The van der Waals surface area contributed by atoms with Crippen LogP contribution in [0.4, 0.5) is 10.1 Å². The summed E-state index contributed by atoms with van der Waals surface area (Å²) in [7, 11) is 0. The van der Waals surface area contributed by atoms with Crippen molar-refractivity contribution in [1.29, 1.82) is 0 Å². The number of carbonyl (C=O) groups is 2. The summed E-state index contributed by atoms with van der Waals surface area (Å²) in [5.41, 5.74) is 2.75. The van der Waals surface area contributed by atoms with Crippen molar-refractivity contribution in [3.63, 3.8) is 0 Å². The Morgan fingerprint density at radius 1 is 0.973 bits per heavy atom. The standard InChI is InChI=1S/C31H34FN3O2/c32-22-16-14-21(15-17-22)30(36)34-27-13-7-5-11-24(27)31(37)35-19-18-25-28(20-8-2-1-3-9-20)33-26-12-6-4-10-23(26)29(25)35/h1-4,6,8,10,12,14-17,20,24-25,27-29,33H,5,7,9,11,13,18-19H2,(H,34,36)/t20?,24-,25+,27+,28-,29-/m0/s1. The van der Waals surface area contributed by atoms with Crippen molar-refractivity contribution in [1.82, 2.24) is 10.2 Å². The Labute approximate surface area is 217 Å². The first-order valence-electron chi connectivity index (χ1n) is 13.7. The number of hydrogen-bond donors (Lipinski definition) is 2. The molecule has 192 valence electrons. The Kier molecular flexibility index (Phi) is 6.58. The average Bonchev–Trinajstić information content (AvgIpc) is 3.39. The minimum Gasteiger partial charge on any atom is -0.381 e. The molecule has 4 aliphatic rings. The maximum Gasteiger partial charge on any atom is 0.251 e. The van der Waals surface area contributed by atoms with E-state index in [1.54, 1.807) is 0 Å². The first-order chi connectivity index (χ1) is 18.1. The predicted octanol–water partition coefficient (Wildman–Crippen LogP) is 5.63. The monoisotopic (exact) mass is 499 g/mol. The number of amides is 2. The number of anilines is 1. The van der Waals surface area contributed by atoms with Gasteiger partial charge in [-0.15, -0.1) is 0 Å². The number of fused-ring (bicyclic) bond motifs is 3. The Balaban J connectivity index is 1.25. The second-order valence-corrected chi connectivity index (χ2v) is 10.9. The molecule has 0 spiro atoms. The number of benzene rings is 2. The van der Waals surface area contributed by atoms with Crippen molar-refractivity contribution in [2.75, 3.05) is 11.9 Å². The summed E-state index contributed by atoms with van der Waals surface area (Å²) in [6, 6.07) is 14.1. The van der Waals surface area contributed by atoms with Crippen molar-refractivity contribution in [3.05, 3.63) is 89.8 Å². The van der Waals surface area contributed by atoms with E-state index < -0.39 is 0 Å². The molecule has 2 aliphatic carbocycles. The molecule has 0 radical (unpaired) electrons. The number of rotatable bonds is 4. The maximum atomic E-state index is 14.2. The minimum atomic E-state index is -0.369. The van der Waals surface area contributed by atoms with Crippen LogP contribution in [0.25, 0.3) is 0 Å². The van der Waals surface area contributed by atoms with Crippen LogP contribution in [0.15, 0.2) is 72.8 Å². The molecule has 6 rings (SSSR count). The molecule has 2 aromatic carbocycles. The number of hydrogen-bond acceptors (Lipinski definition) is 3. The Bertz CT molecular complexity index is 1220. The number of carbonyl (C=O) groups excluding carboxylic acids is 2. The van der Waals surface area contributed by atoms with E-state index in [2.05, 4.69) is 64.1 Å². The molecule has 0 bridgehead atoms. The largest absolute Gasteiger partial charge is 0.381 e. The van der Waals surface area contributed by atoms with Gasteiger partial charge in [0.15, 0.2) is 0 Å². The van der Waals surface area contributed by atoms with Gasteiger partial charge in [0.2, 0.25) is 5.91 Å². The summed E-state index contributed by atoms with van der Waals surface area (Å²) >= 11 is 0. The zero-order chi connectivity index (χ0) is 25.4. The molecule has 1 saturated heterocycles. The van der Waals surface area contributed by atoms with Crippen molar-refractivity contribution < 1.29 is 14.0 Å². The zero-order valence-electron chi connectivity index (χ0n) is 21.0. The molecular weight excluding hydrogens is 465 g/mol. The molecule has 2 amide bonds. The number of halogens is 1. The minimum absolute atomic E-state index is 0.0460. The van der Waals surface area contributed by atoms with Crippen molar-refractivity contribution >= 4 is 17.5 Å². The fourth-order valence-electron chi connectivity index (χ4n) is 6.97. The van der Waals surface area contributed by atoms with E-state index in [4.69, 9.17) is 0 Å². The number of likely N-dealkylation sites (tertiary alicyclic amines) is 1. The Morgan fingerprint density at radius 2 is 1.78 bits per heavy atom. The van der Waals surface area contributed by atoms with Crippen molar-refractivity contribution in [2.45, 2.75) is 56.7 Å². The molecule has 2 aliphatic heterocycles. The van der Waals surface area contributed by atoms with E-state index in [-0.39, 0.29) is 41.7 Å². The molecule has 37 heavy (non-hydrogen) atoms. The molecule has 1 saturated carbocycles. The summed E-state index contributed by atoms with van der Waals surface area (Å²) in [4.78, 5) is 29.3. The summed E-state index contributed by atoms with van der Waals surface area (Å²) in [5, 5.41) is 6.95. The maximum absolute atomic E-state index is 14.2. The number of para-hydroxylation sites is 1. The van der Waals surface area contributed by atoms with Gasteiger partial charge in [-0.3, -0.25) is 9.59 Å². The van der Waals surface area contributed by atoms with Crippen LogP contribution in [-0.4, -0.2) is 35.3 Å². The van der Waals surface area contributed by atoms with Gasteiger partial charge in [-0.1, -0.05) is 55.3 Å². The van der Waals surface area contributed by atoms with Gasteiger partial charge in [0.05, 0.1) is 12.0 Å². The summed E-state index contributed by atoms with van der Waals surface area (Å²) in [5.74, 6) is 0.0507. The second kappa shape index (κ2) is 10.2. The van der Waals surface area contributed by atoms with Gasteiger partial charge < -0.3 is 15.5 Å². The highest BCUT2D eigenvalue weighted by Gasteiger charge is 2.49. The third-order valence-electron chi connectivity index (χ3n) is 8.77. The second-order valence-electron chi connectivity index (χ2n) is 10.9. The SMILES string of the molecule is O=C(N[C@@H]1CCCC[C@@H]1C(=O)N1CC[C@@H]2[C@H](C3C=CC=CC3)Nc3ccccc3[C@@H]21)c1ccc(F)cc1. The number of nitrogens with one attached hydrogen (secondary N) is 2. The lowest BCUT2D eigenvalue weighted by Crippen LogP contribution is -2.51. The van der Waals surface area contributed by atoms with Crippen LogP contribution in [-0.2, 0) is 4.79 Å². The fourth-order valence-corrected chi connectivity index (χ4v) is 6.97.